The Morgan fingerprint density at radius 2 is 1.85 bits per heavy atom. The van der Waals surface area contributed by atoms with Crippen molar-refractivity contribution in [3.05, 3.63) is 23.3 Å². The van der Waals surface area contributed by atoms with Gasteiger partial charge in [-0.2, -0.15) is 0 Å². The number of nitrogens with two attached hydrogens (primary N) is 1. The smallest absolute Gasteiger partial charge is 0.157 e. The molecule has 0 bridgehead atoms. The molecule has 4 heteroatoms. The van der Waals surface area contributed by atoms with Crippen molar-refractivity contribution in [3.8, 4) is 11.5 Å². The van der Waals surface area contributed by atoms with E-state index in [4.69, 9.17) is 15.9 Å². The molecule has 1 atom stereocenters. The van der Waals surface area contributed by atoms with Crippen LogP contribution in [0.5, 0.6) is 11.5 Å². The van der Waals surface area contributed by atoms with Gasteiger partial charge in [0, 0.05) is 6.54 Å². The van der Waals surface area contributed by atoms with Crippen LogP contribution >= 0.6 is 0 Å². The quantitative estimate of drug-likeness (QED) is 0.500. The molecule has 0 spiro atoms. The highest BCUT2D eigenvalue weighted by Gasteiger charge is 2.11. The molecule has 0 saturated carbocycles. The molecule has 13 heavy (non-hydrogen) atoms. The fourth-order valence-electron chi connectivity index (χ4n) is 1.18. The van der Waals surface area contributed by atoms with E-state index in [1.54, 1.807) is 6.92 Å². The van der Waals surface area contributed by atoms with Crippen LogP contribution in [0.2, 0.25) is 0 Å². The van der Waals surface area contributed by atoms with Gasteiger partial charge < -0.3 is 21.1 Å². The molecule has 0 unspecified atom stereocenters. The SMILES string of the molecule is Cc1cc(O)c(O)cc1[C@H](O)CN. The van der Waals surface area contributed by atoms with E-state index in [2.05, 4.69) is 0 Å². The van der Waals surface area contributed by atoms with E-state index < -0.39 is 6.10 Å². The van der Waals surface area contributed by atoms with Crippen LogP contribution < -0.4 is 5.73 Å². The van der Waals surface area contributed by atoms with Crippen LogP contribution in [0.4, 0.5) is 0 Å². The molecule has 1 rings (SSSR count). The van der Waals surface area contributed by atoms with E-state index in [1.165, 1.54) is 12.1 Å². The van der Waals surface area contributed by atoms with Crippen LogP contribution in [0.15, 0.2) is 12.1 Å². The van der Waals surface area contributed by atoms with Gasteiger partial charge in [-0.15, -0.1) is 0 Å². The maximum Gasteiger partial charge on any atom is 0.157 e. The molecule has 0 aliphatic rings. The first-order valence-electron chi connectivity index (χ1n) is 3.97. The van der Waals surface area contributed by atoms with Gasteiger partial charge in [-0.25, -0.2) is 0 Å². The van der Waals surface area contributed by atoms with E-state index in [9.17, 15) is 5.11 Å². The van der Waals surface area contributed by atoms with E-state index in [0.29, 0.717) is 11.1 Å². The number of rotatable bonds is 2. The second kappa shape index (κ2) is 3.64. The van der Waals surface area contributed by atoms with Crippen molar-refractivity contribution < 1.29 is 15.3 Å². The summed E-state index contributed by atoms with van der Waals surface area (Å²) < 4.78 is 0. The molecule has 0 aromatic heterocycles. The van der Waals surface area contributed by atoms with Crippen molar-refractivity contribution in [2.75, 3.05) is 6.54 Å². The molecule has 0 heterocycles. The first-order valence-corrected chi connectivity index (χ1v) is 3.97. The summed E-state index contributed by atoms with van der Waals surface area (Å²) in [7, 11) is 0. The molecule has 0 radical (unpaired) electrons. The maximum atomic E-state index is 9.41. The lowest BCUT2D eigenvalue weighted by atomic mass is 10.0. The summed E-state index contributed by atoms with van der Waals surface area (Å²) in [4.78, 5) is 0. The summed E-state index contributed by atoms with van der Waals surface area (Å²) in [6.45, 7) is 1.82. The third kappa shape index (κ3) is 1.91. The first-order chi connectivity index (χ1) is 6.06. The Morgan fingerprint density at radius 3 is 2.38 bits per heavy atom. The number of aromatic hydroxyl groups is 2. The molecular formula is C9H13NO3. The number of aliphatic hydroxyl groups excluding tert-OH is 1. The molecule has 0 amide bonds. The average Bonchev–Trinajstić information content (AvgIpc) is 2.10. The molecule has 0 fully saturated rings. The topological polar surface area (TPSA) is 86.7 Å². The summed E-state index contributed by atoms with van der Waals surface area (Å²) in [5.41, 5.74) is 6.51. The average molecular weight is 183 g/mol. The van der Waals surface area contributed by atoms with Crippen molar-refractivity contribution in [3.63, 3.8) is 0 Å². The van der Waals surface area contributed by atoms with E-state index in [0.717, 1.165) is 0 Å². The number of phenolic OH excluding ortho intramolecular Hbond substituents is 2. The van der Waals surface area contributed by atoms with Gasteiger partial charge in [0.2, 0.25) is 0 Å². The molecule has 0 aliphatic heterocycles. The lowest BCUT2D eigenvalue weighted by Gasteiger charge is -2.12. The maximum absolute atomic E-state index is 9.41. The van der Waals surface area contributed by atoms with Gasteiger partial charge >= 0.3 is 0 Å². The number of hydrogen-bond acceptors (Lipinski definition) is 4. The van der Waals surface area contributed by atoms with Gasteiger partial charge in [0.05, 0.1) is 6.10 Å². The Kier molecular flexibility index (Phi) is 2.75. The van der Waals surface area contributed by atoms with E-state index >= 15 is 0 Å². The largest absolute Gasteiger partial charge is 0.504 e. The highest BCUT2D eigenvalue weighted by Crippen LogP contribution is 2.30. The van der Waals surface area contributed by atoms with Crippen molar-refractivity contribution in [2.45, 2.75) is 13.0 Å². The minimum atomic E-state index is -0.800. The Labute approximate surface area is 76.2 Å². The molecule has 72 valence electrons. The highest BCUT2D eigenvalue weighted by atomic mass is 16.3. The summed E-state index contributed by atoms with van der Waals surface area (Å²) in [5.74, 6) is -0.432. The third-order valence-corrected chi connectivity index (χ3v) is 1.95. The number of aliphatic hydroxyl groups is 1. The number of aryl methyl sites for hydroxylation is 1. The van der Waals surface area contributed by atoms with Crippen molar-refractivity contribution >= 4 is 0 Å². The fraction of sp³-hybridized carbons (Fsp3) is 0.333. The van der Waals surface area contributed by atoms with E-state index in [1.807, 2.05) is 0 Å². The molecule has 0 saturated heterocycles. The van der Waals surface area contributed by atoms with Crippen LogP contribution in [-0.4, -0.2) is 21.9 Å². The predicted molar refractivity (Wildman–Crippen MR) is 48.5 cm³/mol. The summed E-state index contributed by atoms with van der Waals surface area (Å²) in [6.07, 6.45) is -0.800. The van der Waals surface area contributed by atoms with Crippen LogP contribution in [0.25, 0.3) is 0 Å². The van der Waals surface area contributed by atoms with Crippen molar-refractivity contribution in [2.24, 2.45) is 5.73 Å². The Hall–Kier alpha value is -1.26. The molecule has 1 aromatic rings. The monoisotopic (exact) mass is 183 g/mol. The Morgan fingerprint density at radius 1 is 1.31 bits per heavy atom. The van der Waals surface area contributed by atoms with E-state index in [-0.39, 0.29) is 18.0 Å². The molecular weight excluding hydrogens is 170 g/mol. The Balaban J connectivity index is 3.15. The second-order valence-electron chi connectivity index (χ2n) is 2.95. The Bertz CT molecular complexity index is 312. The zero-order valence-corrected chi connectivity index (χ0v) is 7.36. The highest BCUT2D eigenvalue weighted by molar-refractivity contribution is 5.45. The third-order valence-electron chi connectivity index (χ3n) is 1.95. The zero-order valence-electron chi connectivity index (χ0n) is 7.36. The number of hydrogen-bond donors (Lipinski definition) is 4. The van der Waals surface area contributed by atoms with Gasteiger partial charge in [-0.1, -0.05) is 0 Å². The van der Waals surface area contributed by atoms with Gasteiger partial charge in [0.25, 0.3) is 0 Å². The molecule has 0 aliphatic carbocycles. The van der Waals surface area contributed by atoms with Crippen LogP contribution in [0.3, 0.4) is 0 Å². The molecule has 5 N–H and O–H groups in total. The number of benzene rings is 1. The molecule has 4 nitrogen and oxygen atoms in total. The summed E-state index contributed by atoms with van der Waals surface area (Å²) in [5, 5.41) is 27.7. The van der Waals surface area contributed by atoms with Gasteiger partial charge in [0.15, 0.2) is 11.5 Å². The summed E-state index contributed by atoms with van der Waals surface area (Å²) >= 11 is 0. The van der Waals surface area contributed by atoms with Gasteiger partial charge in [-0.05, 0) is 30.2 Å². The van der Waals surface area contributed by atoms with Gasteiger partial charge in [0.1, 0.15) is 0 Å². The minimum Gasteiger partial charge on any atom is -0.504 e. The normalized spacial score (nSPS) is 12.8. The number of phenols is 2. The van der Waals surface area contributed by atoms with Crippen molar-refractivity contribution in [1.29, 1.82) is 0 Å². The first kappa shape index (κ1) is 9.83. The van der Waals surface area contributed by atoms with Gasteiger partial charge in [-0.3, -0.25) is 0 Å². The minimum absolute atomic E-state index is 0.0883. The van der Waals surface area contributed by atoms with Crippen LogP contribution in [-0.2, 0) is 0 Å². The fourth-order valence-corrected chi connectivity index (χ4v) is 1.18. The van der Waals surface area contributed by atoms with Crippen LogP contribution in [0.1, 0.15) is 17.2 Å². The lowest BCUT2D eigenvalue weighted by molar-refractivity contribution is 0.185. The zero-order chi connectivity index (χ0) is 10.0. The summed E-state index contributed by atoms with van der Waals surface area (Å²) in [6, 6.07) is 2.71. The van der Waals surface area contributed by atoms with Crippen LogP contribution in [0, 0.1) is 6.92 Å². The predicted octanol–water partition coefficient (Wildman–Crippen LogP) is 0.398. The lowest BCUT2D eigenvalue weighted by Crippen LogP contribution is -2.12. The standard InChI is InChI=1S/C9H13NO3/c1-5-2-7(11)8(12)3-6(5)9(13)4-10/h2-3,9,11-13H,4,10H2,1H3/t9-/m1/s1. The van der Waals surface area contributed by atoms with Crippen molar-refractivity contribution in [1.82, 2.24) is 0 Å². The molecule has 1 aromatic carbocycles. The second-order valence-corrected chi connectivity index (χ2v) is 2.95.